The lowest BCUT2D eigenvalue weighted by atomic mass is 10.1. The third-order valence-corrected chi connectivity index (χ3v) is 1.62. The lowest BCUT2D eigenvalue weighted by Gasteiger charge is -2.03. The van der Waals surface area contributed by atoms with Crippen LogP contribution >= 0.6 is 0 Å². The Balaban J connectivity index is 2.95. The standard InChI is InChI=1S/C8H10N2O2/c1-5-3-7(10-9-4-5)6(2)8(11)12/h3-4,6H,1-2H3,(H,11,12). The molecule has 0 radical (unpaired) electrons. The molecular weight excluding hydrogens is 156 g/mol. The quantitative estimate of drug-likeness (QED) is 0.711. The molecule has 1 atom stereocenters. The van der Waals surface area contributed by atoms with Crippen LogP contribution in [-0.2, 0) is 4.79 Å². The van der Waals surface area contributed by atoms with Gasteiger partial charge >= 0.3 is 5.97 Å². The summed E-state index contributed by atoms with van der Waals surface area (Å²) in [7, 11) is 0. The van der Waals surface area contributed by atoms with Gasteiger partial charge in [-0.15, -0.1) is 0 Å². The minimum absolute atomic E-state index is 0.502. The summed E-state index contributed by atoms with van der Waals surface area (Å²) in [5.74, 6) is -1.47. The first kappa shape index (κ1) is 8.64. The highest BCUT2D eigenvalue weighted by Gasteiger charge is 2.15. The van der Waals surface area contributed by atoms with E-state index < -0.39 is 11.9 Å². The molecule has 1 rings (SSSR count). The molecular formula is C8H10N2O2. The fourth-order valence-electron chi connectivity index (χ4n) is 0.824. The van der Waals surface area contributed by atoms with Gasteiger partial charge in [0.1, 0.15) is 0 Å². The Bertz CT molecular complexity index is 299. The van der Waals surface area contributed by atoms with E-state index >= 15 is 0 Å². The van der Waals surface area contributed by atoms with Crippen molar-refractivity contribution in [3.8, 4) is 0 Å². The van der Waals surface area contributed by atoms with Gasteiger partial charge in [-0.1, -0.05) is 0 Å². The molecule has 0 amide bonds. The second kappa shape index (κ2) is 3.30. The molecule has 4 nitrogen and oxygen atoms in total. The molecule has 0 saturated heterocycles. The molecule has 1 aromatic heterocycles. The van der Waals surface area contributed by atoms with E-state index in [-0.39, 0.29) is 0 Å². The summed E-state index contributed by atoms with van der Waals surface area (Å²) < 4.78 is 0. The number of aromatic nitrogens is 2. The highest BCUT2D eigenvalue weighted by molar-refractivity contribution is 5.74. The van der Waals surface area contributed by atoms with Gasteiger partial charge in [-0.3, -0.25) is 4.79 Å². The van der Waals surface area contributed by atoms with Crippen LogP contribution in [0.4, 0.5) is 0 Å². The number of hydrogen-bond acceptors (Lipinski definition) is 3. The number of aliphatic carboxylic acids is 1. The number of hydrogen-bond donors (Lipinski definition) is 1. The van der Waals surface area contributed by atoms with E-state index in [4.69, 9.17) is 5.11 Å². The van der Waals surface area contributed by atoms with Crippen molar-refractivity contribution in [2.45, 2.75) is 19.8 Å². The minimum atomic E-state index is -0.880. The molecule has 1 aromatic rings. The largest absolute Gasteiger partial charge is 0.481 e. The normalized spacial score (nSPS) is 12.5. The highest BCUT2D eigenvalue weighted by atomic mass is 16.4. The van der Waals surface area contributed by atoms with Crippen LogP contribution < -0.4 is 0 Å². The Kier molecular flexibility index (Phi) is 2.38. The molecule has 0 bridgehead atoms. The lowest BCUT2D eigenvalue weighted by molar-refractivity contribution is -0.138. The molecule has 64 valence electrons. The van der Waals surface area contributed by atoms with Crippen LogP contribution in [0.25, 0.3) is 0 Å². The number of rotatable bonds is 2. The Morgan fingerprint density at radius 2 is 2.33 bits per heavy atom. The summed E-state index contributed by atoms with van der Waals surface area (Å²) in [4.78, 5) is 10.5. The van der Waals surface area contributed by atoms with Crippen molar-refractivity contribution in [2.75, 3.05) is 0 Å². The number of aryl methyl sites for hydroxylation is 1. The maximum atomic E-state index is 10.5. The fraction of sp³-hybridized carbons (Fsp3) is 0.375. The van der Waals surface area contributed by atoms with E-state index in [1.54, 1.807) is 19.2 Å². The average Bonchev–Trinajstić information content (AvgIpc) is 2.03. The SMILES string of the molecule is Cc1cnnc(C(C)C(=O)O)c1. The molecule has 1 unspecified atom stereocenters. The van der Waals surface area contributed by atoms with Crippen LogP contribution in [0.3, 0.4) is 0 Å². The van der Waals surface area contributed by atoms with Gasteiger partial charge in [0, 0.05) is 0 Å². The van der Waals surface area contributed by atoms with Gasteiger partial charge in [0.05, 0.1) is 17.8 Å². The van der Waals surface area contributed by atoms with Gasteiger partial charge < -0.3 is 5.11 Å². The Morgan fingerprint density at radius 1 is 1.67 bits per heavy atom. The van der Waals surface area contributed by atoms with Crippen LogP contribution in [0.1, 0.15) is 24.1 Å². The van der Waals surface area contributed by atoms with E-state index in [0.717, 1.165) is 5.56 Å². The number of nitrogens with zero attached hydrogens (tertiary/aromatic N) is 2. The third-order valence-electron chi connectivity index (χ3n) is 1.62. The van der Waals surface area contributed by atoms with Crippen molar-refractivity contribution in [1.29, 1.82) is 0 Å². The predicted molar refractivity (Wildman–Crippen MR) is 42.8 cm³/mol. The zero-order valence-electron chi connectivity index (χ0n) is 6.98. The Labute approximate surface area is 70.3 Å². The molecule has 0 saturated carbocycles. The van der Waals surface area contributed by atoms with Crippen LogP contribution in [-0.4, -0.2) is 21.3 Å². The van der Waals surface area contributed by atoms with E-state index in [1.807, 2.05) is 6.92 Å². The fourth-order valence-corrected chi connectivity index (χ4v) is 0.824. The molecule has 0 aliphatic rings. The molecule has 1 heterocycles. The number of carboxylic acid groups (broad SMARTS) is 1. The lowest BCUT2D eigenvalue weighted by Crippen LogP contribution is -2.09. The Hall–Kier alpha value is -1.45. The van der Waals surface area contributed by atoms with E-state index in [0.29, 0.717) is 5.69 Å². The van der Waals surface area contributed by atoms with Gasteiger partial charge in [-0.2, -0.15) is 10.2 Å². The van der Waals surface area contributed by atoms with Gasteiger partial charge in [0.25, 0.3) is 0 Å². The van der Waals surface area contributed by atoms with Crippen molar-refractivity contribution in [2.24, 2.45) is 0 Å². The van der Waals surface area contributed by atoms with Gasteiger partial charge in [0.2, 0.25) is 0 Å². The molecule has 12 heavy (non-hydrogen) atoms. The van der Waals surface area contributed by atoms with Gasteiger partial charge in [-0.05, 0) is 25.5 Å². The molecule has 0 fully saturated rings. The van der Waals surface area contributed by atoms with E-state index in [1.165, 1.54) is 0 Å². The highest BCUT2D eigenvalue weighted by Crippen LogP contribution is 2.11. The van der Waals surface area contributed by atoms with Gasteiger partial charge in [0.15, 0.2) is 0 Å². The van der Waals surface area contributed by atoms with Crippen LogP contribution in [0, 0.1) is 6.92 Å². The van der Waals surface area contributed by atoms with Crippen LogP contribution in [0.5, 0.6) is 0 Å². The Morgan fingerprint density at radius 3 is 2.83 bits per heavy atom. The number of carbonyl (C=O) groups is 1. The second-order valence-corrected chi connectivity index (χ2v) is 2.72. The van der Waals surface area contributed by atoms with Gasteiger partial charge in [-0.25, -0.2) is 0 Å². The predicted octanol–water partition coefficient (Wildman–Crippen LogP) is 0.973. The first-order valence-corrected chi connectivity index (χ1v) is 3.63. The van der Waals surface area contributed by atoms with Crippen LogP contribution in [0.15, 0.2) is 12.3 Å². The molecule has 4 heteroatoms. The summed E-state index contributed by atoms with van der Waals surface area (Å²) in [6.07, 6.45) is 1.60. The van der Waals surface area contributed by atoms with Crippen molar-refractivity contribution in [1.82, 2.24) is 10.2 Å². The molecule has 0 aliphatic carbocycles. The molecule has 1 N–H and O–H groups in total. The zero-order chi connectivity index (χ0) is 9.14. The summed E-state index contributed by atoms with van der Waals surface area (Å²) in [5.41, 5.74) is 1.43. The maximum Gasteiger partial charge on any atom is 0.312 e. The first-order valence-electron chi connectivity index (χ1n) is 3.63. The molecule has 0 aliphatic heterocycles. The summed E-state index contributed by atoms with van der Waals surface area (Å²) in [6.45, 7) is 3.44. The van der Waals surface area contributed by atoms with Crippen molar-refractivity contribution >= 4 is 5.97 Å². The van der Waals surface area contributed by atoms with E-state index in [2.05, 4.69) is 10.2 Å². The first-order chi connectivity index (χ1) is 5.61. The second-order valence-electron chi connectivity index (χ2n) is 2.72. The maximum absolute atomic E-state index is 10.5. The minimum Gasteiger partial charge on any atom is -0.481 e. The summed E-state index contributed by atoms with van der Waals surface area (Å²) in [6, 6.07) is 1.73. The molecule has 0 aromatic carbocycles. The van der Waals surface area contributed by atoms with Crippen molar-refractivity contribution in [3.05, 3.63) is 23.5 Å². The summed E-state index contributed by atoms with van der Waals surface area (Å²) >= 11 is 0. The van der Waals surface area contributed by atoms with Crippen molar-refractivity contribution < 1.29 is 9.90 Å². The monoisotopic (exact) mass is 166 g/mol. The van der Waals surface area contributed by atoms with E-state index in [9.17, 15) is 4.79 Å². The van der Waals surface area contributed by atoms with Crippen molar-refractivity contribution in [3.63, 3.8) is 0 Å². The smallest absolute Gasteiger partial charge is 0.312 e. The average molecular weight is 166 g/mol. The topological polar surface area (TPSA) is 63.1 Å². The third kappa shape index (κ3) is 1.78. The zero-order valence-corrected chi connectivity index (χ0v) is 6.98. The summed E-state index contributed by atoms with van der Waals surface area (Å²) in [5, 5.41) is 16.1. The number of carboxylic acids is 1. The van der Waals surface area contributed by atoms with Crippen LogP contribution in [0.2, 0.25) is 0 Å². The molecule has 0 spiro atoms.